The standard InChI is InChI=1S/C14H15ClFN3OS/c1-7-10(13(20)19(2)3)12(18-14(21)17-7)11-8(15)5-4-6-9(11)16/h4-6,12H,1-3H3,(H2,17,18,21). The van der Waals surface area contributed by atoms with Gasteiger partial charge in [-0.1, -0.05) is 17.7 Å². The Morgan fingerprint density at radius 1 is 1.43 bits per heavy atom. The van der Waals surface area contributed by atoms with Gasteiger partial charge in [-0.3, -0.25) is 4.79 Å². The minimum atomic E-state index is -0.720. The summed E-state index contributed by atoms with van der Waals surface area (Å²) in [6.07, 6.45) is 0. The van der Waals surface area contributed by atoms with E-state index in [0.717, 1.165) is 0 Å². The van der Waals surface area contributed by atoms with Crippen LogP contribution in [-0.2, 0) is 4.79 Å². The van der Waals surface area contributed by atoms with Crippen LogP contribution in [0.3, 0.4) is 0 Å². The van der Waals surface area contributed by atoms with Gasteiger partial charge < -0.3 is 15.5 Å². The van der Waals surface area contributed by atoms with Gasteiger partial charge in [-0.2, -0.15) is 0 Å². The molecule has 2 N–H and O–H groups in total. The lowest BCUT2D eigenvalue weighted by Gasteiger charge is -2.32. The molecule has 1 aliphatic heterocycles. The summed E-state index contributed by atoms with van der Waals surface area (Å²) in [5.41, 5.74) is 1.19. The molecule has 0 radical (unpaired) electrons. The molecule has 1 heterocycles. The Labute approximate surface area is 133 Å². The number of nitrogens with one attached hydrogen (secondary N) is 2. The Balaban J connectivity index is 2.61. The van der Waals surface area contributed by atoms with Crippen molar-refractivity contribution in [3.63, 3.8) is 0 Å². The number of benzene rings is 1. The molecule has 0 fully saturated rings. The van der Waals surface area contributed by atoms with E-state index in [2.05, 4.69) is 10.6 Å². The number of carbonyl (C=O) groups excluding carboxylic acids is 1. The molecule has 4 nitrogen and oxygen atoms in total. The Hall–Kier alpha value is -1.66. The highest BCUT2D eigenvalue weighted by molar-refractivity contribution is 7.80. The van der Waals surface area contributed by atoms with Crippen LogP contribution in [0.4, 0.5) is 4.39 Å². The second-order valence-corrected chi connectivity index (χ2v) is 5.72. The van der Waals surface area contributed by atoms with Crippen molar-refractivity contribution in [3.8, 4) is 0 Å². The number of amides is 1. The van der Waals surface area contributed by atoms with Gasteiger partial charge in [-0.15, -0.1) is 0 Å². The third-order valence-corrected chi connectivity index (χ3v) is 3.74. The molecule has 7 heteroatoms. The molecule has 0 spiro atoms. The molecule has 0 saturated carbocycles. The summed E-state index contributed by atoms with van der Waals surface area (Å²) >= 11 is 11.2. The first-order valence-corrected chi connectivity index (χ1v) is 7.05. The number of thiocarbonyl (C=S) groups is 1. The topological polar surface area (TPSA) is 44.4 Å². The van der Waals surface area contributed by atoms with Gasteiger partial charge in [0.2, 0.25) is 0 Å². The minimum Gasteiger partial charge on any atom is -0.351 e. The van der Waals surface area contributed by atoms with E-state index in [0.29, 0.717) is 16.4 Å². The molecule has 1 amide bonds. The molecule has 2 rings (SSSR count). The number of allylic oxidation sites excluding steroid dienone is 1. The number of carbonyl (C=O) groups is 1. The Bertz CT molecular complexity index is 625. The van der Waals surface area contributed by atoms with E-state index in [1.54, 1.807) is 27.1 Å². The number of hydrogen-bond acceptors (Lipinski definition) is 2. The molecule has 1 atom stereocenters. The summed E-state index contributed by atoms with van der Waals surface area (Å²) in [5.74, 6) is -0.721. The molecule has 1 unspecified atom stereocenters. The number of rotatable bonds is 2. The largest absolute Gasteiger partial charge is 0.351 e. The number of nitrogens with zero attached hydrogens (tertiary/aromatic N) is 1. The van der Waals surface area contributed by atoms with Crippen molar-refractivity contribution in [1.29, 1.82) is 0 Å². The summed E-state index contributed by atoms with van der Waals surface area (Å²) in [6, 6.07) is 3.69. The molecule has 0 saturated heterocycles. The van der Waals surface area contributed by atoms with E-state index in [-0.39, 0.29) is 16.5 Å². The van der Waals surface area contributed by atoms with Crippen molar-refractivity contribution >= 4 is 34.8 Å². The molecule has 112 valence electrons. The van der Waals surface area contributed by atoms with E-state index in [4.69, 9.17) is 23.8 Å². The van der Waals surface area contributed by atoms with Gasteiger partial charge in [0.15, 0.2) is 5.11 Å². The van der Waals surface area contributed by atoms with Crippen LogP contribution in [0.2, 0.25) is 5.02 Å². The predicted octanol–water partition coefficient (Wildman–Crippen LogP) is 2.36. The van der Waals surface area contributed by atoms with E-state index in [9.17, 15) is 9.18 Å². The highest BCUT2D eigenvalue weighted by Gasteiger charge is 2.33. The lowest BCUT2D eigenvalue weighted by molar-refractivity contribution is -0.125. The van der Waals surface area contributed by atoms with Crippen LogP contribution >= 0.6 is 23.8 Å². The highest BCUT2D eigenvalue weighted by atomic mass is 35.5. The molecular formula is C14H15ClFN3OS. The quantitative estimate of drug-likeness (QED) is 0.819. The summed E-state index contributed by atoms with van der Waals surface area (Å²) in [5, 5.41) is 6.38. The van der Waals surface area contributed by atoms with Crippen molar-refractivity contribution in [2.24, 2.45) is 0 Å². The van der Waals surface area contributed by atoms with Gasteiger partial charge in [0.1, 0.15) is 5.82 Å². The summed E-state index contributed by atoms with van der Waals surface area (Å²) < 4.78 is 14.2. The van der Waals surface area contributed by atoms with Crippen molar-refractivity contribution in [3.05, 3.63) is 45.9 Å². The van der Waals surface area contributed by atoms with E-state index >= 15 is 0 Å². The van der Waals surface area contributed by atoms with Gasteiger partial charge in [0, 0.05) is 30.4 Å². The second-order valence-electron chi connectivity index (χ2n) is 4.91. The van der Waals surface area contributed by atoms with Gasteiger partial charge in [-0.05, 0) is 31.3 Å². The average Bonchev–Trinajstić information content (AvgIpc) is 2.37. The Morgan fingerprint density at radius 2 is 2.10 bits per heavy atom. The van der Waals surface area contributed by atoms with Crippen LogP contribution in [0.25, 0.3) is 0 Å². The molecule has 1 aromatic rings. The molecule has 0 aromatic heterocycles. The SMILES string of the molecule is CC1=C(C(=O)N(C)C)C(c2c(F)cccc2Cl)NC(=S)N1. The second kappa shape index (κ2) is 5.99. The van der Waals surface area contributed by atoms with Crippen LogP contribution in [0.15, 0.2) is 29.5 Å². The highest BCUT2D eigenvalue weighted by Crippen LogP contribution is 2.33. The molecule has 0 aliphatic carbocycles. The lowest BCUT2D eigenvalue weighted by Crippen LogP contribution is -2.47. The fraction of sp³-hybridized carbons (Fsp3) is 0.286. The normalized spacial score (nSPS) is 18.1. The van der Waals surface area contributed by atoms with Gasteiger partial charge in [0.25, 0.3) is 5.91 Å². The summed E-state index contributed by atoms with van der Waals surface area (Å²) in [6.45, 7) is 1.73. The van der Waals surface area contributed by atoms with Crippen LogP contribution in [0, 0.1) is 5.82 Å². The van der Waals surface area contributed by atoms with E-state index in [1.807, 2.05) is 0 Å². The third-order valence-electron chi connectivity index (χ3n) is 3.19. The first-order valence-electron chi connectivity index (χ1n) is 6.26. The maximum atomic E-state index is 14.2. The van der Waals surface area contributed by atoms with Crippen LogP contribution in [0.1, 0.15) is 18.5 Å². The van der Waals surface area contributed by atoms with Gasteiger partial charge >= 0.3 is 0 Å². The number of likely N-dealkylation sites (N-methyl/N-ethyl adjacent to an activating group) is 1. The van der Waals surface area contributed by atoms with Crippen molar-refractivity contribution < 1.29 is 9.18 Å². The fourth-order valence-electron chi connectivity index (χ4n) is 2.22. The Kier molecular flexibility index (Phi) is 4.49. The summed E-state index contributed by atoms with van der Waals surface area (Å²) in [4.78, 5) is 13.8. The first-order chi connectivity index (χ1) is 9.82. The smallest absolute Gasteiger partial charge is 0.253 e. The van der Waals surface area contributed by atoms with Crippen LogP contribution in [-0.4, -0.2) is 30.0 Å². The predicted molar refractivity (Wildman–Crippen MR) is 84.4 cm³/mol. The van der Waals surface area contributed by atoms with E-state index in [1.165, 1.54) is 17.0 Å². The molecular weight excluding hydrogens is 313 g/mol. The maximum Gasteiger partial charge on any atom is 0.253 e. The maximum absolute atomic E-state index is 14.2. The van der Waals surface area contributed by atoms with Crippen molar-refractivity contribution in [1.82, 2.24) is 15.5 Å². The van der Waals surface area contributed by atoms with Crippen molar-refractivity contribution in [2.75, 3.05) is 14.1 Å². The van der Waals surface area contributed by atoms with Gasteiger partial charge in [-0.25, -0.2) is 4.39 Å². The van der Waals surface area contributed by atoms with Crippen LogP contribution in [0.5, 0.6) is 0 Å². The van der Waals surface area contributed by atoms with Crippen molar-refractivity contribution in [2.45, 2.75) is 13.0 Å². The molecule has 1 aliphatic rings. The Morgan fingerprint density at radius 3 is 2.67 bits per heavy atom. The molecule has 21 heavy (non-hydrogen) atoms. The first kappa shape index (κ1) is 15.7. The zero-order chi connectivity index (χ0) is 15.7. The lowest BCUT2D eigenvalue weighted by atomic mass is 9.94. The number of hydrogen-bond donors (Lipinski definition) is 2. The van der Waals surface area contributed by atoms with Gasteiger partial charge in [0.05, 0.1) is 11.6 Å². The van der Waals surface area contributed by atoms with Crippen LogP contribution < -0.4 is 10.6 Å². The third kappa shape index (κ3) is 3.01. The summed E-state index contributed by atoms with van der Waals surface area (Å²) in [7, 11) is 3.27. The zero-order valence-electron chi connectivity index (χ0n) is 11.8. The monoisotopic (exact) mass is 327 g/mol. The molecule has 0 bridgehead atoms. The zero-order valence-corrected chi connectivity index (χ0v) is 13.4. The minimum absolute atomic E-state index is 0.215. The average molecular weight is 328 g/mol. The fourth-order valence-corrected chi connectivity index (χ4v) is 2.76. The molecule has 1 aromatic carbocycles. The van der Waals surface area contributed by atoms with E-state index < -0.39 is 11.9 Å². The number of halogens is 2.